The summed E-state index contributed by atoms with van der Waals surface area (Å²) in [5.41, 5.74) is 0.628. The Kier molecular flexibility index (Phi) is 6.90. The summed E-state index contributed by atoms with van der Waals surface area (Å²) in [5.74, 6) is -4.10. The van der Waals surface area contributed by atoms with Crippen LogP contribution in [0.4, 0.5) is 23.7 Å². The van der Waals surface area contributed by atoms with Gasteiger partial charge in [0.2, 0.25) is 0 Å². The number of amides is 2. The van der Waals surface area contributed by atoms with Crippen molar-refractivity contribution in [2.45, 2.75) is 31.0 Å². The quantitative estimate of drug-likeness (QED) is 0.600. The summed E-state index contributed by atoms with van der Waals surface area (Å²) >= 11 is 0. The lowest BCUT2D eigenvalue weighted by Crippen LogP contribution is -2.57. The number of nitrogens with one attached hydrogen (secondary N) is 2. The van der Waals surface area contributed by atoms with Crippen LogP contribution in [0.25, 0.3) is 0 Å². The molecule has 2 aromatic carbocycles. The van der Waals surface area contributed by atoms with Gasteiger partial charge in [0.25, 0.3) is 0 Å². The van der Waals surface area contributed by atoms with Crippen molar-refractivity contribution in [3.63, 3.8) is 0 Å². The third-order valence-electron chi connectivity index (χ3n) is 4.88. The molecule has 0 spiro atoms. The van der Waals surface area contributed by atoms with Crippen LogP contribution in [0, 0.1) is 0 Å². The number of rotatable bonds is 5. The molecule has 1 heterocycles. The molecule has 0 bridgehead atoms. The Morgan fingerprint density at radius 1 is 1.19 bits per heavy atom. The Labute approximate surface area is 181 Å². The van der Waals surface area contributed by atoms with Crippen LogP contribution in [0.2, 0.25) is 0 Å². The summed E-state index contributed by atoms with van der Waals surface area (Å²) in [6, 6.07) is 11.9. The second kappa shape index (κ2) is 9.45. The smallest absolute Gasteiger partial charge is 0.471 e. The van der Waals surface area contributed by atoms with Crippen LogP contribution in [0.1, 0.15) is 11.1 Å². The van der Waals surface area contributed by atoms with E-state index in [9.17, 15) is 27.9 Å². The Bertz CT molecular complexity index is 970. The molecule has 2 amide bonds. The minimum Gasteiger partial charge on any atom is -0.491 e. The number of benzene rings is 2. The van der Waals surface area contributed by atoms with Crippen LogP contribution in [-0.4, -0.2) is 48.8 Å². The van der Waals surface area contributed by atoms with E-state index in [4.69, 9.17) is 14.2 Å². The Morgan fingerprint density at radius 2 is 1.91 bits per heavy atom. The van der Waals surface area contributed by atoms with Crippen LogP contribution in [-0.2, 0) is 27.3 Å². The maximum absolute atomic E-state index is 12.7. The van der Waals surface area contributed by atoms with Crippen LogP contribution in [0.5, 0.6) is 5.75 Å². The van der Waals surface area contributed by atoms with Gasteiger partial charge in [-0.25, -0.2) is 4.79 Å². The van der Waals surface area contributed by atoms with Gasteiger partial charge in [0.15, 0.2) is 5.79 Å². The minimum atomic E-state index is -5.10. The lowest BCUT2D eigenvalue weighted by atomic mass is 9.97. The van der Waals surface area contributed by atoms with Crippen molar-refractivity contribution < 1.29 is 42.1 Å². The average Bonchev–Trinajstić information content (AvgIpc) is 2.90. The van der Waals surface area contributed by atoms with Crippen LogP contribution in [0.15, 0.2) is 48.5 Å². The summed E-state index contributed by atoms with van der Waals surface area (Å²) in [6.45, 7) is -0.284. The zero-order valence-corrected chi connectivity index (χ0v) is 16.9. The molecule has 3 rings (SSSR count). The molecule has 8 nitrogen and oxygen atoms in total. The fraction of sp³-hybridized carbons (Fsp3) is 0.333. The Hall–Kier alpha value is -3.31. The molecule has 0 unspecified atom stereocenters. The average molecular weight is 454 g/mol. The van der Waals surface area contributed by atoms with E-state index in [2.05, 4.69) is 5.32 Å². The SMILES string of the molecule is CO[C@]1(O)Cc2c(NC(=O)C(F)(F)F)cccc2OC[C@H]1NC(=O)OCc1ccccc1. The molecule has 0 saturated heterocycles. The fourth-order valence-corrected chi connectivity index (χ4v) is 3.15. The normalized spacial score (nSPS) is 20.3. The molecular weight excluding hydrogens is 433 g/mol. The number of methoxy groups -OCH3 is 1. The summed E-state index contributed by atoms with van der Waals surface area (Å²) in [5, 5.41) is 15.2. The van der Waals surface area contributed by atoms with Gasteiger partial charge < -0.3 is 30.0 Å². The van der Waals surface area contributed by atoms with Crippen molar-refractivity contribution in [3.05, 3.63) is 59.7 Å². The highest BCUT2D eigenvalue weighted by molar-refractivity contribution is 5.95. The molecule has 1 aliphatic rings. The molecule has 2 aromatic rings. The predicted molar refractivity (Wildman–Crippen MR) is 106 cm³/mol. The Balaban J connectivity index is 1.75. The number of halogens is 3. The summed E-state index contributed by atoms with van der Waals surface area (Å²) in [4.78, 5) is 23.6. The lowest BCUT2D eigenvalue weighted by molar-refractivity contribution is -0.204. The molecule has 2 atom stereocenters. The van der Waals surface area contributed by atoms with Gasteiger partial charge in [-0.2, -0.15) is 13.2 Å². The molecular formula is C21H21F3N2O6. The van der Waals surface area contributed by atoms with Gasteiger partial charge in [0.1, 0.15) is 25.0 Å². The first kappa shape index (κ1) is 23.4. The lowest BCUT2D eigenvalue weighted by Gasteiger charge is -2.32. The summed E-state index contributed by atoms with van der Waals surface area (Å²) in [7, 11) is 1.17. The number of alkyl halides is 3. The van der Waals surface area contributed by atoms with Crippen LogP contribution < -0.4 is 15.4 Å². The number of hydrogen-bond donors (Lipinski definition) is 3. The van der Waals surface area contributed by atoms with E-state index in [1.54, 1.807) is 29.6 Å². The highest BCUT2D eigenvalue weighted by Crippen LogP contribution is 2.35. The summed E-state index contributed by atoms with van der Waals surface area (Å²) in [6.07, 6.45) is -6.33. The van der Waals surface area contributed by atoms with Gasteiger partial charge in [-0.3, -0.25) is 4.79 Å². The number of hydrogen-bond acceptors (Lipinski definition) is 6. The number of anilines is 1. The largest absolute Gasteiger partial charge is 0.491 e. The highest BCUT2D eigenvalue weighted by atomic mass is 19.4. The third-order valence-corrected chi connectivity index (χ3v) is 4.88. The first-order chi connectivity index (χ1) is 15.1. The fourth-order valence-electron chi connectivity index (χ4n) is 3.15. The van der Waals surface area contributed by atoms with Crippen LogP contribution >= 0.6 is 0 Å². The van der Waals surface area contributed by atoms with Gasteiger partial charge >= 0.3 is 18.2 Å². The zero-order valence-electron chi connectivity index (χ0n) is 16.9. The van der Waals surface area contributed by atoms with Crippen molar-refractivity contribution in [2.75, 3.05) is 19.0 Å². The van der Waals surface area contributed by atoms with Gasteiger partial charge in [0, 0.05) is 24.8 Å². The monoisotopic (exact) mass is 454 g/mol. The van der Waals surface area contributed by atoms with Crippen molar-refractivity contribution in [2.24, 2.45) is 0 Å². The molecule has 3 N–H and O–H groups in total. The maximum Gasteiger partial charge on any atom is 0.471 e. The number of carbonyl (C=O) groups is 2. The molecule has 0 saturated carbocycles. The van der Waals surface area contributed by atoms with Gasteiger partial charge in [-0.05, 0) is 17.7 Å². The molecule has 0 radical (unpaired) electrons. The molecule has 11 heteroatoms. The van der Waals surface area contributed by atoms with Gasteiger partial charge in [-0.1, -0.05) is 36.4 Å². The number of alkyl carbamates (subject to hydrolysis) is 1. The number of fused-ring (bicyclic) bond motifs is 1. The Morgan fingerprint density at radius 3 is 2.56 bits per heavy atom. The number of aliphatic hydroxyl groups is 1. The molecule has 0 aromatic heterocycles. The van der Waals surface area contributed by atoms with Crippen molar-refractivity contribution in [1.82, 2.24) is 5.32 Å². The van der Waals surface area contributed by atoms with Crippen molar-refractivity contribution >= 4 is 17.7 Å². The van der Waals surface area contributed by atoms with Crippen molar-refractivity contribution in [1.29, 1.82) is 0 Å². The first-order valence-electron chi connectivity index (χ1n) is 9.50. The molecule has 32 heavy (non-hydrogen) atoms. The predicted octanol–water partition coefficient (Wildman–Crippen LogP) is 2.75. The standard InChI is InChI=1S/C21H21F3N2O6/c1-30-20(29)10-14-15(25-18(27)21(22,23)24)8-5-9-16(14)31-12-17(20)26-19(28)32-11-13-6-3-2-4-7-13/h2-9,17,29H,10-12H2,1H3,(H,25,27)(H,26,28)/t17-,20-/m1/s1. The second-order valence-electron chi connectivity index (χ2n) is 7.03. The van der Waals surface area contributed by atoms with E-state index in [0.717, 1.165) is 5.56 Å². The number of ether oxygens (including phenoxy) is 3. The minimum absolute atomic E-state index is 0.0144. The van der Waals surface area contributed by atoms with E-state index in [1.807, 2.05) is 6.07 Å². The summed E-state index contributed by atoms with van der Waals surface area (Å²) < 4.78 is 54.0. The van der Waals surface area contributed by atoms with E-state index in [0.29, 0.717) is 0 Å². The molecule has 0 fully saturated rings. The number of carbonyl (C=O) groups excluding carboxylic acids is 2. The second-order valence-corrected chi connectivity index (χ2v) is 7.03. The van der Waals surface area contributed by atoms with Gasteiger partial charge in [-0.15, -0.1) is 0 Å². The first-order valence-corrected chi connectivity index (χ1v) is 9.50. The van der Waals surface area contributed by atoms with Crippen molar-refractivity contribution in [3.8, 4) is 5.75 Å². The molecule has 1 aliphatic heterocycles. The third kappa shape index (κ3) is 5.48. The topological polar surface area (TPSA) is 106 Å². The molecule has 0 aliphatic carbocycles. The maximum atomic E-state index is 12.7. The van der Waals surface area contributed by atoms with E-state index >= 15 is 0 Å². The zero-order chi connectivity index (χ0) is 23.4. The van der Waals surface area contributed by atoms with E-state index in [1.165, 1.54) is 25.3 Å². The highest BCUT2D eigenvalue weighted by Gasteiger charge is 2.44. The van der Waals surface area contributed by atoms with Gasteiger partial charge in [0.05, 0.1) is 0 Å². The van der Waals surface area contributed by atoms with E-state index < -0.39 is 30.0 Å². The van der Waals surface area contributed by atoms with E-state index in [-0.39, 0.29) is 36.6 Å². The van der Waals surface area contributed by atoms with Crippen LogP contribution in [0.3, 0.4) is 0 Å². The molecule has 172 valence electrons.